The molecular weight excluding hydrogens is 342 g/mol. The molecule has 26 heavy (non-hydrogen) atoms. The summed E-state index contributed by atoms with van der Waals surface area (Å²) in [5.41, 5.74) is 5.58. The molecule has 1 heterocycles. The molecule has 0 aliphatic heterocycles. The van der Waals surface area contributed by atoms with Crippen LogP contribution in [0.25, 0.3) is 16.8 Å². The Bertz CT molecular complexity index is 998. The van der Waals surface area contributed by atoms with Crippen LogP contribution in [0.5, 0.6) is 5.75 Å². The standard InChI is InChI=1S/C21H19N3OS/c1-14-7-8-15(2)19(9-14)23-12-17(11-22)21-24-20(13-26-21)16-5-4-6-18(10-16)25-3/h4-10,12-13,23H,1-3H3. The molecule has 130 valence electrons. The van der Waals surface area contributed by atoms with Gasteiger partial charge in [-0.05, 0) is 43.2 Å². The van der Waals surface area contributed by atoms with Crippen LogP contribution in [-0.2, 0) is 0 Å². The van der Waals surface area contributed by atoms with Gasteiger partial charge in [0.15, 0.2) is 0 Å². The number of benzene rings is 2. The predicted molar refractivity (Wildman–Crippen MR) is 107 cm³/mol. The van der Waals surface area contributed by atoms with Gasteiger partial charge in [0.05, 0.1) is 12.8 Å². The van der Waals surface area contributed by atoms with Gasteiger partial charge < -0.3 is 10.1 Å². The Kier molecular flexibility index (Phi) is 5.35. The average Bonchev–Trinajstić information content (AvgIpc) is 3.15. The molecule has 3 rings (SSSR count). The molecule has 1 aromatic heterocycles. The first-order valence-corrected chi connectivity index (χ1v) is 9.03. The third-order valence-electron chi connectivity index (χ3n) is 3.99. The van der Waals surface area contributed by atoms with E-state index in [0.29, 0.717) is 10.6 Å². The Balaban J connectivity index is 1.86. The van der Waals surface area contributed by atoms with E-state index in [0.717, 1.165) is 28.3 Å². The second-order valence-electron chi connectivity index (χ2n) is 5.90. The zero-order valence-electron chi connectivity index (χ0n) is 14.9. The first-order valence-electron chi connectivity index (χ1n) is 8.15. The van der Waals surface area contributed by atoms with Gasteiger partial charge in [-0.15, -0.1) is 11.3 Å². The molecule has 5 heteroatoms. The highest BCUT2D eigenvalue weighted by molar-refractivity contribution is 7.11. The molecular formula is C21H19N3OS. The van der Waals surface area contributed by atoms with E-state index in [1.54, 1.807) is 13.3 Å². The van der Waals surface area contributed by atoms with Crippen LogP contribution in [0.4, 0.5) is 5.69 Å². The van der Waals surface area contributed by atoms with E-state index in [4.69, 9.17) is 4.74 Å². The Labute approximate surface area is 157 Å². The molecule has 3 aromatic rings. The summed E-state index contributed by atoms with van der Waals surface area (Å²) in [6, 6.07) is 16.1. The van der Waals surface area contributed by atoms with Gasteiger partial charge in [-0.2, -0.15) is 5.26 Å². The van der Waals surface area contributed by atoms with Crippen LogP contribution in [0.3, 0.4) is 0 Å². The van der Waals surface area contributed by atoms with Gasteiger partial charge in [0, 0.05) is 22.8 Å². The molecule has 0 radical (unpaired) electrons. The van der Waals surface area contributed by atoms with Gasteiger partial charge in [0.25, 0.3) is 0 Å². The zero-order valence-corrected chi connectivity index (χ0v) is 15.7. The largest absolute Gasteiger partial charge is 0.497 e. The molecule has 0 saturated heterocycles. The summed E-state index contributed by atoms with van der Waals surface area (Å²) in [5, 5.41) is 15.4. The third kappa shape index (κ3) is 3.93. The molecule has 4 nitrogen and oxygen atoms in total. The van der Waals surface area contributed by atoms with Gasteiger partial charge in [0.1, 0.15) is 22.4 Å². The van der Waals surface area contributed by atoms with Crippen LogP contribution < -0.4 is 10.1 Å². The molecule has 0 saturated carbocycles. The Hall–Kier alpha value is -3.10. The van der Waals surface area contributed by atoms with Crippen molar-refractivity contribution in [2.45, 2.75) is 13.8 Å². The van der Waals surface area contributed by atoms with E-state index in [2.05, 4.69) is 34.6 Å². The van der Waals surface area contributed by atoms with Crippen LogP contribution in [-0.4, -0.2) is 12.1 Å². The van der Waals surface area contributed by atoms with Crippen LogP contribution >= 0.6 is 11.3 Å². The zero-order chi connectivity index (χ0) is 18.5. The maximum atomic E-state index is 9.53. The summed E-state index contributed by atoms with van der Waals surface area (Å²) >= 11 is 1.45. The lowest BCUT2D eigenvalue weighted by Gasteiger charge is -2.06. The van der Waals surface area contributed by atoms with Gasteiger partial charge >= 0.3 is 0 Å². The monoisotopic (exact) mass is 361 g/mol. The van der Waals surface area contributed by atoms with E-state index in [1.807, 2.05) is 43.5 Å². The fourth-order valence-electron chi connectivity index (χ4n) is 2.50. The average molecular weight is 361 g/mol. The second kappa shape index (κ2) is 7.85. The number of thiazole rings is 1. The van der Waals surface area contributed by atoms with E-state index < -0.39 is 0 Å². The first-order chi connectivity index (χ1) is 12.6. The Morgan fingerprint density at radius 3 is 2.85 bits per heavy atom. The maximum Gasteiger partial charge on any atom is 0.136 e. The maximum absolute atomic E-state index is 9.53. The fraction of sp³-hybridized carbons (Fsp3) is 0.143. The van der Waals surface area contributed by atoms with E-state index >= 15 is 0 Å². The lowest BCUT2D eigenvalue weighted by molar-refractivity contribution is 0.415. The van der Waals surface area contributed by atoms with E-state index in [1.165, 1.54) is 16.9 Å². The van der Waals surface area contributed by atoms with E-state index in [-0.39, 0.29) is 0 Å². The summed E-state index contributed by atoms with van der Waals surface area (Å²) in [5.74, 6) is 0.782. The van der Waals surface area contributed by atoms with Crippen molar-refractivity contribution < 1.29 is 4.74 Å². The highest BCUT2D eigenvalue weighted by Gasteiger charge is 2.10. The molecule has 0 atom stereocenters. The number of nitrogens with zero attached hydrogens (tertiary/aromatic N) is 2. The van der Waals surface area contributed by atoms with Crippen LogP contribution in [0, 0.1) is 25.2 Å². The molecule has 0 bridgehead atoms. The van der Waals surface area contributed by atoms with Crippen LogP contribution in [0.1, 0.15) is 16.1 Å². The summed E-state index contributed by atoms with van der Waals surface area (Å²) in [6.45, 7) is 4.08. The summed E-state index contributed by atoms with van der Waals surface area (Å²) in [7, 11) is 1.64. The molecule has 0 aliphatic carbocycles. The van der Waals surface area contributed by atoms with Gasteiger partial charge in [-0.3, -0.25) is 0 Å². The molecule has 1 N–H and O–H groups in total. The number of nitrogens with one attached hydrogen (secondary N) is 1. The third-order valence-corrected chi connectivity index (χ3v) is 4.86. The molecule has 0 amide bonds. The number of hydrogen-bond donors (Lipinski definition) is 1. The summed E-state index contributed by atoms with van der Waals surface area (Å²) in [6.07, 6.45) is 1.72. The number of allylic oxidation sites excluding steroid dienone is 1. The minimum Gasteiger partial charge on any atom is -0.497 e. The minimum absolute atomic E-state index is 0.505. The summed E-state index contributed by atoms with van der Waals surface area (Å²) in [4.78, 5) is 4.61. The number of methoxy groups -OCH3 is 1. The van der Waals surface area contributed by atoms with Crippen molar-refractivity contribution in [2.75, 3.05) is 12.4 Å². The number of aryl methyl sites for hydroxylation is 2. The van der Waals surface area contributed by atoms with Crippen LogP contribution in [0.15, 0.2) is 54.0 Å². The van der Waals surface area contributed by atoms with E-state index in [9.17, 15) is 5.26 Å². The quantitative estimate of drug-likeness (QED) is 0.617. The summed E-state index contributed by atoms with van der Waals surface area (Å²) < 4.78 is 5.26. The van der Waals surface area contributed by atoms with Crippen LogP contribution in [0.2, 0.25) is 0 Å². The first kappa shape index (κ1) is 17.7. The normalized spacial score (nSPS) is 11.1. The van der Waals surface area contributed by atoms with Crippen molar-refractivity contribution in [3.63, 3.8) is 0 Å². The number of aromatic nitrogens is 1. The highest BCUT2D eigenvalue weighted by Crippen LogP contribution is 2.28. The number of anilines is 1. The number of hydrogen-bond acceptors (Lipinski definition) is 5. The number of rotatable bonds is 5. The number of nitriles is 1. The topological polar surface area (TPSA) is 57.9 Å². The Morgan fingerprint density at radius 1 is 1.23 bits per heavy atom. The van der Waals surface area contributed by atoms with Crippen molar-refractivity contribution in [3.05, 3.63) is 70.2 Å². The van der Waals surface area contributed by atoms with Crippen molar-refractivity contribution in [1.82, 2.24) is 4.98 Å². The van der Waals surface area contributed by atoms with Crippen molar-refractivity contribution in [3.8, 4) is 23.1 Å². The predicted octanol–water partition coefficient (Wildman–Crippen LogP) is 5.41. The Morgan fingerprint density at radius 2 is 2.08 bits per heavy atom. The fourth-order valence-corrected chi connectivity index (χ4v) is 3.29. The van der Waals surface area contributed by atoms with Gasteiger partial charge in [0.2, 0.25) is 0 Å². The molecule has 0 fully saturated rings. The van der Waals surface area contributed by atoms with Crippen molar-refractivity contribution in [1.29, 1.82) is 5.26 Å². The molecule has 0 unspecified atom stereocenters. The van der Waals surface area contributed by atoms with Gasteiger partial charge in [-0.25, -0.2) is 4.98 Å². The number of ether oxygens (including phenoxy) is 1. The highest BCUT2D eigenvalue weighted by atomic mass is 32.1. The lowest BCUT2D eigenvalue weighted by atomic mass is 10.1. The minimum atomic E-state index is 0.505. The molecule has 0 spiro atoms. The lowest BCUT2D eigenvalue weighted by Crippen LogP contribution is -1.94. The second-order valence-corrected chi connectivity index (χ2v) is 6.76. The molecule has 0 aliphatic rings. The molecule has 2 aromatic carbocycles. The SMILES string of the molecule is COc1cccc(-c2csc(C(C#N)=CNc3cc(C)ccc3C)n2)c1. The van der Waals surface area contributed by atoms with Gasteiger partial charge in [-0.1, -0.05) is 24.3 Å². The smallest absolute Gasteiger partial charge is 0.136 e. The van der Waals surface area contributed by atoms with Crippen molar-refractivity contribution >= 4 is 22.6 Å². The van der Waals surface area contributed by atoms with Crippen molar-refractivity contribution in [2.24, 2.45) is 0 Å².